The SMILES string of the molecule is NC1Cc2ccccc2N(C2CCOC2)C1. The van der Waals surface area contributed by atoms with Gasteiger partial charge < -0.3 is 15.4 Å². The standard InChI is InChI=1S/C13H18N2O/c14-11-7-10-3-1-2-4-13(10)15(8-11)12-5-6-16-9-12/h1-4,11-12H,5-9,14H2. The molecule has 0 saturated carbocycles. The van der Waals surface area contributed by atoms with Crippen LogP contribution in [0.5, 0.6) is 0 Å². The summed E-state index contributed by atoms with van der Waals surface area (Å²) in [6.07, 6.45) is 2.13. The molecule has 1 saturated heterocycles. The quantitative estimate of drug-likeness (QED) is 0.769. The number of benzene rings is 1. The molecule has 1 aromatic rings. The fraction of sp³-hybridized carbons (Fsp3) is 0.538. The van der Waals surface area contributed by atoms with Crippen molar-refractivity contribution in [2.45, 2.75) is 24.9 Å². The summed E-state index contributed by atoms with van der Waals surface area (Å²) in [5.41, 5.74) is 8.87. The van der Waals surface area contributed by atoms with Gasteiger partial charge in [0, 0.05) is 24.9 Å². The lowest BCUT2D eigenvalue weighted by molar-refractivity contribution is 0.192. The van der Waals surface area contributed by atoms with E-state index in [2.05, 4.69) is 29.2 Å². The largest absolute Gasteiger partial charge is 0.379 e. The summed E-state index contributed by atoms with van der Waals surface area (Å²) in [6, 6.07) is 9.39. The van der Waals surface area contributed by atoms with E-state index in [0.717, 1.165) is 32.6 Å². The molecule has 2 atom stereocenters. The van der Waals surface area contributed by atoms with Gasteiger partial charge in [0.2, 0.25) is 0 Å². The molecule has 1 aromatic carbocycles. The van der Waals surface area contributed by atoms with Crippen LogP contribution in [0.1, 0.15) is 12.0 Å². The zero-order valence-electron chi connectivity index (χ0n) is 9.43. The molecule has 2 aliphatic rings. The van der Waals surface area contributed by atoms with Crippen molar-refractivity contribution >= 4 is 5.69 Å². The Labute approximate surface area is 96.2 Å². The fourth-order valence-corrected chi connectivity index (χ4v) is 2.78. The maximum absolute atomic E-state index is 6.13. The van der Waals surface area contributed by atoms with Crippen LogP contribution in [0, 0.1) is 0 Å². The summed E-state index contributed by atoms with van der Waals surface area (Å²) in [5, 5.41) is 0. The third-order valence-corrected chi connectivity index (χ3v) is 3.56. The highest BCUT2D eigenvalue weighted by Gasteiger charge is 2.29. The van der Waals surface area contributed by atoms with Gasteiger partial charge in [0.05, 0.1) is 12.6 Å². The molecule has 2 heterocycles. The molecular formula is C13H18N2O. The number of hydrogen-bond donors (Lipinski definition) is 1. The minimum Gasteiger partial charge on any atom is -0.379 e. The van der Waals surface area contributed by atoms with Crippen molar-refractivity contribution in [3.63, 3.8) is 0 Å². The van der Waals surface area contributed by atoms with Gasteiger partial charge in [-0.05, 0) is 24.5 Å². The molecule has 3 heteroatoms. The van der Waals surface area contributed by atoms with Crippen LogP contribution in [0.25, 0.3) is 0 Å². The van der Waals surface area contributed by atoms with Gasteiger partial charge in [-0.25, -0.2) is 0 Å². The van der Waals surface area contributed by atoms with E-state index in [4.69, 9.17) is 10.5 Å². The Bertz CT molecular complexity index is 374. The number of hydrogen-bond acceptors (Lipinski definition) is 3. The Morgan fingerprint density at radius 1 is 1.31 bits per heavy atom. The first-order valence-corrected chi connectivity index (χ1v) is 6.02. The van der Waals surface area contributed by atoms with Crippen molar-refractivity contribution in [3.05, 3.63) is 29.8 Å². The smallest absolute Gasteiger partial charge is 0.0670 e. The molecule has 2 aliphatic heterocycles. The highest BCUT2D eigenvalue weighted by molar-refractivity contribution is 5.57. The van der Waals surface area contributed by atoms with Crippen LogP contribution in [0.3, 0.4) is 0 Å². The molecule has 16 heavy (non-hydrogen) atoms. The van der Waals surface area contributed by atoms with E-state index in [1.165, 1.54) is 11.3 Å². The molecular weight excluding hydrogens is 200 g/mol. The Hall–Kier alpha value is -1.06. The molecule has 0 bridgehead atoms. The average molecular weight is 218 g/mol. The summed E-state index contributed by atoms with van der Waals surface area (Å²) in [5.74, 6) is 0. The van der Waals surface area contributed by atoms with Crippen molar-refractivity contribution in [1.29, 1.82) is 0 Å². The summed E-state index contributed by atoms with van der Waals surface area (Å²) < 4.78 is 5.48. The molecule has 0 aliphatic carbocycles. The lowest BCUT2D eigenvalue weighted by Gasteiger charge is -2.38. The molecule has 2 unspecified atom stereocenters. The number of ether oxygens (including phenoxy) is 1. The van der Waals surface area contributed by atoms with Crippen LogP contribution in [0.2, 0.25) is 0 Å². The number of fused-ring (bicyclic) bond motifs is 1. The predicted octanol–water partition coefficient (Wildman–Crippen LogP) is 1.17. The molecule has 1 fully saturated rings. The van der Waals surface area contributed by atoms with E-state index < -0.39 is 0 Å². The average Bonchev–Trinajstić information content (AvgIpc) is 2.81. The van der Waals surface area contributed by atoms with Crippen molar-refractivity contribution in [2.24, 2.45) is 5.73 Å². The Morgan fingerprint density at radius 2 is 2.19 bits per heavy atom. The summed E-state index contributed by atoms with van der Waals surface area (Å²) in [4.78, 5) is 2.44. The third kappa shape index (κ3) is 1.70. The van der Waals surface area contributed by atoms with Gasteiger partial charge in [0.15, 0.2) is 0 Å². The van der Waals surface area contributed by atoms with Gasteiger partial charge in [0.25, 0.3) is 0 Å². The van der Waals surface area contributed by atoms with Crippen molar-refractivity contribution in [1.82, 2.24) is 0 Å². The van der Waals surface area contributed by atoms with Gasteiger partial charge in [-0.1, -0.05) is 18.2 Å². The van der Waals surface area contributed by atoms with E-state index in [1.54, 1.807) is 0 Å². The third-order valence-electron chi connectivity index (χ3n) is 3.56. The minimum atomic E-state index is 0.260. The molecule has 86 valence electrons. The predicted molar refractivity (Wildman–Crippen MR) is 64.7 cm³/mol. The van der Waals surface area contributed by atoms with Crippen LogP contribution >= 0.6 is 0 Å². The zero-order chi connectivity index (χ0) is 11.0. The molecule has 2 N–H and O–H groups in total. The first-order valence-electron chi connectivity index (χ1n) is 6.02. The van der Waals surface area contributed by atoms with Crippen molar-refractivity contribution in [3.8, 4) is 0 Å². The topological polar surface area (TPSA) is 38.5 Å². The lowest BCUT2D eigenvalue weighted by Crippen LogP contribution is -2.48. The van der Waals surface area contributed by atoms with E-state index in [1.807, 2.05) is 0 Å². The van der Waals surface area contributed by atoms with Gasteiger partial charge in [0.1, 0.15) is 0 Å². The highest BCUT2D eigenvalue weighted by Crippen LogP contribution is 2.30. The van der Waals surface area contributed by atoms with Crippen LogP contribution in [0.4, 0.5) is 5.69 Å². The second-order valence-corrected chi connectivity index (χ2v) is 4.76. The molecule has 0 spiro atoms. The number of anilines is 1. The second kappa shape index (κ2) is 4.07. The maximum Gasteiger partial charge on any atom is 0.0670 e. The van der Waals surface area contributed by atoms with Crippen LogP contribution in [0.15, 0.2) is 24.3 Å². The van der Waals surface area contributed by atoms with Crippen LogP contribution < -0.4 is 10.6 Å². The van der Waals surface area contributed by atoms with Gasteiger partial charge in [-0.2, -0.15) is 0 Å². The van der Waals surface area contributed by atoms with Crippen LogP contribution in [-0.2, 0) is 11.2 Å². The number of rotatable bonds is 1. The van der Waals surface area contributed by atoms with Crippen molar-refractivity contribution < 1.29 is 4.74 Å². The maximum atomic E-state index is 6.13. The van der Waals surface area contributed by atoms with E-state index in [0.29, 0.717) is 6.04 Å². The normalized spacial score (nSPS) is 29.2. The summed E-state index contributed by atoms with van der Waals surface area (Å²) in [7, 11) is 0. The number of para-hydroxylation sites is 1. The van der Waals surface area contributed by atoms with Gasteiger partial charge >= 0.3 is 0 Å². The summed E-state index contributed by atoms with van der Waals surface area (Å²) in [6.45, 7) is 2.70. The first-order chi connectivity index (χ1) is 7.84. The van der Waals surface area contributed by atoms with E-state index in [9.17, 15) is 0 Å². The van der Waals surface area contributed by atoms with E-state index >= 15 is 0 Å². The Morgan fingerprint density at radius 3 is 3.00 bits per heavy atom. The van der Waals surface area contributed by atoms with Crippen LogP contribution in [-0.4, -0.2) is 31.8 Å². The fourth-order valence-electron chi connectivity index (χ4n) is 2.78. The number of nitrogens with two attached hydrogens (primary N) is 1. The minimum absolute atomic E-state index is 0.260. The van der Waals surface area contributed by atoms with Crippen molar-refractivity contribution in [2.75, 3.05) is 24.7 Å². The lowest BCUT2D eigenvalue weighted by atomic mass is 9.96. The monoisotopic (exact) mass is 218 g/mol. The molecule has 0 amide bonds. The van der Waals surface area contributed by atoms with Gasteiger partial charge in [-0.15, -0.1) is 0 Å². The molecule has 0 radical (unpaired) electrons. The highest BCUT2D eigenvalue weighted by atomic mass is 16.5. The Kier molecular flexibility index (Phi) is 2.58. The molecule has 0 aromatic heterocycles. The Balaban J connectivity index is 1.93. The second-order valence-electron chi connectivity index (χ2n) is 4.76. The van der Waals surface area contributed by atoms with E-state index in [-0.39, 0.29) is 6.04 Å². The zero-order valence-corrected chi connectivity index (χ0v) is 9.43. The van der Waals surface area contributed by atoms with Gasteiger partial charge in [-0.3, -0.25) is 0 Å². The molecule has 3 nitrogen and oxygen atoms in total. The number of nitrogens with zero attached hydrogens (tertiary/aromatic N) is 1. The summed E-state index contributed by atoms with van der Waals surface area (Å²) >= 11 is 0. The first kappa shape index (κ1) is 10.1. The molecule has 3 rings (SSSR count).